The van der Waals surface area contributed by atoms with Gasteiger partial charge in [-0.05, 0) is 18.6 Å². The molecule has 0 saturated heterocycles. The lowest BCUT2D eigenvalue weighted by atomic mass is 10.2. The number of hydrogen-bond acceptors (Lipinski definition) is 4. The van der Waals surface area contributed by atoms with Crippen LogP contribution in [0.25, 0.3) is 0 Å². The van der Waals surface area contributed by atoms with E-state index < -0.39 is 5.91 Å². The van der Waals surface area contributed by atoms with Gasteiger partial charge >= 0.3 is 0 Å². The molecule has 1 amide bonds. The van der Waals surface area contributed by atoms with E-state index in [1.54, 1.807) is 12.1 Å². The highest BCUT2D eigenvalue weighted by Gasteiger charge is 2.00. The van der Waals surface area contributed by atoms with Gasteiger partial charge < -0.3 is 11.2 Å². The summed E-state index contributed by atoms with van der Waals surface area (Å²) >= 11 is 0. The number of rotatable bonds is 5. The van der Waals surface area contributed by atoms with Crippen molar-refractivity contribution in [1.29, 1.82) is 0 Å². The van der Waals surface area contributed by atoms with Crippen LogP contribution >= 0.6 is 0 Å². The number of hydrogen-bond donors (Lipinski definition) is 3. The first-order valence-electron chi connectivity index (χ1n) is 4.48. The Morgan fingerprint density at radius 1 is 1.64 bits per heavy atom. The number of pyridine rings is 1. The van der Waals surface area contributed by atoms with Crippen molar-refractivity contribution in [3.05, 3.63) is 23.9 Å². The number of nitrogens with two attached hydrogens (primary N) is 1. The average Bonchev–Trinajstić information content (AvgIpc) is 2.19. The van der Waals surface area contributed by atoms with Crippen molar-refractivity contribution in [3.63, 3.8) is 0 Å². The van der Waals surface area contributed by atoms with Gasteiger partial charge in [-0.2, -0.15) is 0 Å². The summed E-state index contributed by atoms with van der Waals surface area (Å²) in [6.07, 6.45) is 2.55. The van der Waals surface area contributed by atoms with Crippen molar-refractivity contribution in [2.75, 3.05) is 12.0 Å². The molecule has 0 aliphatic heterocycles. The Hall–Kier alpha value is -1.62. The van der Waals surface area contributed by atoms with Crippen LogP contribution < -0.4 is 16.6 Å². The minimum atomic E-state index is -0.453. The Morgan fingerprint density at radius 3 is 3.07 bits per heavy atom. The molecule has 0 unspecified atom stereocenters. The van der Waals surface area contributed by atoms with Crippen LogP contribution in [0.2, 0.25) is 0 Å². The summed E-state index contributed by atoms with van der Waals surface area (Å²) in [6, 6.07) is 3.18. The molecular weight excluding hydrogens is 180 g/mol. The minimum absolute atomic E-state index is 0.445. The Labute approximate surface area is 82.7 Å². The summed E-state index contributed by atoms with van der Waals surface area (Å²) in [7, 11) is 0. The fourth-order valence-electron chi connectivity index (χ4n) is 0.930. The van der Waals surface area contributed by atoms with Gasteiger partial charge in [-0.25, -0.2) is 10.4 Å². The first kappa shape index (κ1) is 10.5. The summed E-state index contributed by atoms with van der Waals surface area (Å²) in [6.45, 7) is 2.89. The smallest absolute Gasteiger partial charge is 0.248 e. The molecule has 0 atom stereocenters. The van der Waals surface area contributed by atoms with E-state index in [1.807, 2.05) is 0 Å². The Morgan fingerprint density at radius 2 is 2.43 bits per heavy atom. The van der Waals surface area contributed by atoms with Crippen LogP contribution in [-0.2, 0) is 0 Å². The minimum Gasteiger partial charge on any atom is -0.366 e. The standard InChI is InChI=1S/C9H14N4O/c1-2-4-12-13-8-6-7(9(10)14)3-5-11-8/h3,5-6,12H,2,4H2,1H3,(H2,10,14)(H,11,13). The molecule has 76 valence electrons. The third kappa shape index (κ3) is 3.02. The van der Waals surface area contributed by atoms with E-state index in [-0.39, 0.29) is 0 Å². The van der Waals surface area contributed by atoms with Gasteiger partial charge in [0.25, 0.3) is 0 Å². The van der Waals surface area contributed by atoms with Gasteiger partial charge in [-0.15, -0.1) is 0 Å². The predicted molar refractivity (Wildman–Crippen MR) is 54.7 cm³/mol. The number of aromatic nitrogens is 1. The van der Waals surface area contributed by atoms with Crippen molar-refractivity contribution >= 4 is 11.7 Å². The summed E-state index contributed by atoms with van der Waals surface area (Å²) in [5, 5.41) is 0. The largest absolute Gasteiger partial charge is 0.366 e. The van der Waals surface area contributed by atoms with Crippen LogP contribution in [0.5, 0.6) is 0 Å². The Balaban J connectivity index is 2.59. The Kier molecular flexibility index (Phi) is 3.87. The van der Waals surface area contributed by atoms with Gasteiger partial charge in [0.2, 0.25) is 5.91 Å². The second-order valence-electron chi connectivity index (χ2n) is 2.85. The van der Waals surface area contributed by atoms with E-state index in [1.165, 1.54) is 6.20 Å². The fourth-order valence-corrected chi connectivity index (χ4v) is 0.930. The predicted octanol–water partition coefficient (Wildman–Crippen LogP) is 0.507. The third-order valence-corrected chi connectivity index (χ3v) is 1.64. The van der Waals surface area contributed by atoms with Gasteiger partial charge in [0.15, 0.2) is 0 Å². The molecule has 1 aromatic rings. The highest BCUT2D eigenvalue weighted by Crippen LogP contribution is 2.04. The summed E-state index contributed by atoms with van der Waals surface area (Å²) in [4.78, 5) is 14.8. The van der Waals surface area contributed by atoms with Gasteiger partial charge in [0, 0.05) is 18.3 Å². The van der Waals surface area contributed by atoms with E-state index in [0.29, 0.717) is 11.4 Å². The SMILES string of the molecule is CCCNNc1cc(C(N)=O)ccn1. The number of nitrogens with zero attached hydrogens (tertiary/aromatic N) is 1. The zero-order valence-electron chi connectivity index (χ0n) is 8.08. The van der Waals surface area contributed by atoms with Crippen LogP contribution in [-0.4, -0.2) is 17.4 Å². The summed E-state index contributed by atoms with van der Waals surface area (Å²) in [5.41, 5.74) is 11.4. The molecule has 0 fully saturated rings. The zero-order valence-corrected chi connectivity index (χ0v) is 8.08. The number of carbonyl (C=O) groups excluding carboxylic acids is 1. The maximum Gasteiger partial charge on any atom is 0.248 e. The fraction of sp³-hybridized carbons (Fsp3) is 0.333. The van der Waals surface area contributed by atoms with Crippen LogP contribution in [0.15, 0.2) is 18.3 Å². The van der Waals surface area contributed by atoms with Crippen LogP contribution in [0.3, 0.4) is 0 Å². The van der Waals surface area contributed by atoms with E-state index in [9.17, 15) is 4.79 Å². The molecule has 5 heteroatoms. The molecule has 1 heterocycles. The van der Waals surface area contributed by atoms with Gasteiger partial charge in [0.05, 0.1) is 0 Å². The molecule has 0 aliphatic carbocycles. The van der Waals surface area contributed by atoms with Crippen molar-refractivity contribution in [3.8, 4) is 0 Å². The summed E-state index contributed by atoms with van der Waals surface area (Å²) < 4.78 is 0. The van der Waals surface area contributed by atoms with Crippen molar-refractivity contribution in [2.24, 2.45) is 5.73 Å². The number of amides is 1. The topological polar surface area (TPSA) is 80.0 Å². The molecule has 0 aliphatic rings. The van der Waals surface area contributed by atoms with E-state index in [4.69, 9.17) is 5.73 Å². The first-order chi connectivity index (χ1) is 6.74. The molecule has 0 bridgehead atoms. The number of anilines is 1. The van der Waals surface area contributed by atoms with Gasteiger partial charge in [-0.1, -0.05) is 6.92 Å². The molecule has 0 aromatic carbocycles. The van der Waals surface area contributed by atoms with Gasteiger partial charge in [0.1, 0.15) is 5.82 Å². The van der Waals surface area contributed by atoms with E-state index in [2.05, 4.69) is 22.8 Å². The molecule has 4 N–H and O–H groups in total. The molecule has 5 nitrogen and oxygen atoms in total. The van der Waals surface area contributed by atoms with Crippen LogP contribution in [0, 0.1) is 0 Å². The monoisotopic (exact) mass is 194 g/mol. The van der Waals surface area contributed by atoms with E-state index >= 15 is 0 Å². The number of hydrazine groups is 1. The van der Waals surface area contributed by atoms with Crippen molar-refractivity contribution in [2.45, 2.75) is 13.3 Å². The number of nitrogens with one attached hydrogen (secondary N) is 2. The van der Waals surface area contributed by atoms with E-state index in [0.717, 1.165) is 13.0 Å². The number of carbonyl (C=O) groups is 1. The lowest BCUT2D eigenvalue weighted by molar-refractivity contribution is 0.1000. The Bertz CT molecular complexity index is 313. The normalized spacial score (nSPS) is 9.79. The highest BCUT2D eigenvalue weighted by atomic mass is 16.1. The molecule has 1 aromatic heterocycles. The van der Waals surface area contributed by atoms with Crippen molar-refractivity contribution < 1.29 is 4.79 Å². The third-order valence-electron chi connectivity index (χ3n) is 1.64. The second kappa shape index (κ2) is 5.18. The molecule has 0 radical (unpaired) electrons. The molecule has 0 saturated carbocycles. The maximum absolute atomic E-state index is 10.8. The van der Waals surface area contributed by atoms with Gasteiger partial charge in [-0.3, -0.25) is 4.79 Å². The second-order valence-corrected chi connectivity index (χ2v) is 2.85. The lowest BCUT2D eigenvalue weighted by Crippen LogP contribution is -2.23. The molecular formula is C9H14N4O. The average molecular weight is 194 g/mol. The zero-order chi connectivity index (χ0) is 10.4. The molecule has 14 heavy (non-hydrogen) atoms. The van der Waals surface area contributed by atoms with Crippen molar-refractivity contribution in [1.82, 2.24) is 10.4 Å². The number of primary amides is 1. The maximum atomic E-state index is 10.8. The summed E-state index contributed by atoms with van der Waals surface area (Å²) in [5.74, 6) is 0.140. The molecule has 1 rings (SSSR count). The van der Waals surface area contributed by atoms with Crippen LogP contribution in [0.4, 0.5) is 5.82 Å². The quantitative estimate of drug-likeness (QED) is 0.471. The molecule has 0 spiro atoms. The van der Waals surface area contributed by atoms with Crippen LogP contribution in [0.1, 0.15) is 23.7 Å². The lowest BCUT2D eigenvalue weighted by Gasteiger charge is -2.06. The first-order valence-corrected chi connectivity index (χ1v) is 4.48. The highest BCUT2D eigenvalue weighted by molar-refractivity contribution is 5.93.